The van der Waals surface area contributed by atoms with Crippen molar-refractivity contribution in [3.8, 4) is 22.5 Å². The first-order valence-corrected chi connectivity index (χ1v) is 13.8. The summed E-state index contributed by atoms with van der Waals surface area (Å²) in [5, 5.41) is 2.50. The predicted molar refractivity (Wildman–Crippen MR) is 167 cm³/mol. The van der Waals surface area contributed by atoms with Crippen molar-refractivity contribution in [2.45, 2.75) is 34.0 Å². The molecule has 41 heavy (non-hydrogen) atoms. The second-order valence-corrected chi connectivity index (χ2v) is 11.5. The molecule has 207 valence electrons. The molecule has 0 aliphatic rings. The van der Waals surface area contributed by atoms with Gasteiger partial charge in [0.1, 0.15) is 5.58 Å². The Morgan fingerprint density at radius 3 is 2.56 bits per heavy atom. The van der Waals surface area contributed by atoms with Gasteiger partial charge in [-0.3, -0.25) is 4.98 Å². The van der Waals surface area contributed by atoms with Crippen LogP contribution in [0.3, 0.4) is 0 Å². The smallest absolute Gasteiger partial charge is 0.227 e. The number of furan rings is 1. The summed E-state index contributed by atoms with van der Waals surface area (Å²) in [5.41, 5.74) is 3.81. The topological polar surface area (TPSA) is 51.8 Å². The molecule has 0 saturated heterocycles. The molecular formula is C35H30IrN3OS-. The van der Waals surface area contributed by atoms with Gasteiger partial charge in [0.2, 0.25) is 5.71 Å². The Morgan fingerprint density at radius 2 is 1.80 bits per heavy atom. The quantitative estimate of drug-likeness (QED) is 0.170. The zero-order valence-corrected chi connectivity index (χ0v) is 25.9. The van der Waals surface area contributed by atoms with Crippen LogP contribution in [-0.2, 0) is 26.5 Å². The van der Waals surface area contributed by atoms with Gasteiger partial charge in [0, 0.05) is 66.3 Å². The molecule has 5 heterocycles. The minimum absolute atomic E-state index is 0. The van der Waals surface area contributed by atoms with Crippen molar-refractivity contribution in [2.75, 3.05) is 0 Å². The van der Waals surface area contributed by atoms with E-state index in [1.165, 1.54) is 17.4 Å². The van der Waals surface area contributed by atoms with E-state index in [9.17, 15) is 0 Å². The molecule has 0 aliphatic heterocycles. The molecule has 1 radical (unpaired) electrons. The Kier molecular flexibility index (Phi) is 6.73. The summed E-state index contributed by atoms with van der Waals surface area (Å²) in [4.78, 5) is 13.8. The zero-order chi connectivity index (χ0) is 32.0. The van der Waals surface area contributed by atoms with E-state index in [1.807, 2.05) is 93.6 Å². The van der Waals surface area contributed by atoms with Crippen LogP contribution < -0.4 is 0 Å². The monoisotopic (exact) mass is 738 g/mol. The Labute approximate surface area is 264 Å². The summed E-state index contributed by atoms with van der Waals surface area (Å²) in [6.07, 6.45) is 2.09. The number of aromatic nitrogens is 3. The largest absolute Gasteiger partial charge is 0.437 e. The molecule has 4 nitrogen and oxygen atoms in total. The van der Waals surface area contributed by atoms with Crippen molar-refractivity contribution < 1.29 is 31.4 Å². The van der Waals surface area contributed by atoms with Crippen LogP contribution in [0.5, 0.6) is 0 Å². The van der Waals surface area contributed by atoms with Crippen LogP contribution in [0.25, 0.3) is 54.7 Å². The molecule has 0 bridgehead atoms. The summed E-state index contributed by atoms with van der Waals surface area (Å²) < 4.78 is 47.0. The van der Waals surface area contributed by atoms with Crippen LogP contribution in [0.2, 0.25) is 0 Å². The van der Waals surface area contributed by atoms with Gasteiger partial charge in [0.15, 0.2) is 0 Å². The molecule has 7 rings (SSSR count). The molecule has 0 fully saturated rings. The van der Waals surface area contributed by atoms with Gasteiger partial charge in [-0.05, 0) is 66.1 Å². The maximum atomic E-state index is 8.59. The molecule has 0 amide bonds. The van der Waals surface area contributed by atoms with Crippen LogP contribution in [0.15, 0.2) is 102 Å². The number of pyridine rings is 3. The second-order valence-electron chi connectivity index (χ2n) is 10.4. The third-order valence-electron chi connectivity index (χ3n) is 6.19. The van der Waals surface area contributed by atoms with E-state index < -0.39 is 18.6 Å². The van der Waals surface area contributed by atoms with Crippen LogP contribution in [-0.4, -0.2) is 15.0 Å². The van der Waals surface area contributed by atoms with Crippen LogP contribution in [0.1, 0.15) is 38.2 Å². The number of hydrogen-bond donors (Lipinski definition) is 0. The van der Waals surface area contributed by atoms with Crippen LogP contribution in [0, 0.1) is 18.3 Å². The predicted octanol–water partition coefficient (Wildman–Crippen LogP) is 9.70. The first-order valence-electron chi connectivity index (χ1n) is 15.4. The van der Waals surface area contributed by atoms with Crippen molar-refractivity contribution >= 4 is 43.5 Å². The maximum absolute atomic E-state index is 8.59. The minimum atomic E-state index is -2.31. The van der Waals surface area contributed by atoms with E-state index in [0.717, 1.165) is 37.7 Å². The summed E-state index contributed by atoms with van der Waals surface area (Å²) in [7, 11) is 0. The molecule has 0 saturated carbocycles. The van der Waals surface area contributed by atoms with Crippen molar-refractivity contribution in [2.24, 2.45) is 5.41 Å². The van der Waals surface area contributed by atoms with Crippen molar-refractivity contribution in [1.29, 1.82) is 0 Å². The van der Waals surface area contributed by atoms with E-state index >= 15 is 0 Å². The first-order chi connectivity index (χ1) is 21.3. The van der Waals surface area contributed by atoms with Crippen molar-refractivity contribution in [3.63, 3.8) is 0 Å². The van der Waals surface area contributed by atoms with Gasteiger partial charge >= 0.3 is 0 Å². The molecule has 5 aromatic heterocycles. The fourth-order valence-electron chi connectivity index (χ4n) is 4.48. The molecule has 0 N–H and O–H groups in total. The Morgan fingerprint density at radius 1 is 0.927 bits per heavy atom. The van der Waals surface area contributed by atoms with Gasteiger partial charge < -0.3 is 9.40 Å². The normalized spacial score (nSPS) is 13.8. The summed E-state index contributed by atoms with van der Waals surface area (Å²) >= 11 is 1.42. The van der Waals surface area contributed by atoms with Gasteiger partial charge in [-0.15, -0.1) is 47.2 Å². The molecule has 6 heteroatoms. The second kappa shape index (κ2) is 12.0. The molecule has 2 aromatic carbocycles. The average molecular weight is 738 g/mol. The molecule has 0 atom stereocenters. The third kappa shape index (κ3) is 6.46. The number of thiophene rings is 1. The van der Waals surface area contributed by atoms with Gasteiger partial charge in [-0.25, -0.2) is 4.98 Å². The molecule has 7 aromatic rings. The zero-order valence-electron chi connectivity index (χ0n) is 27.7. The van der Waals surface area contributed by atoms with E-state index in [-0.39, 0.29) is 31.5 Å². The van der Waals surface area contributed by atoms with Crippen molar-refractivity contribution in [3.05, 3.63) is 114 Å². The summed E-state index contributed by atoms with van der Waals surface area (Å²) in [5.74, 6) is 0. The fourth-order valence-corrected chi connectivity index (χ4v) is 5.60. The SMILES string of the molecule is [2H]C([2H])([2H])c1ccc2c(n1)oc1c(-c3cc4cc(C([2H])([2H])C(C)(C)C)sc4cn3)cccc12.[Ir].[c-]1ccccc1-c1ccccn1. The number of hydrogen-bond acceptors (Lipinski definition) is 5. The third-order valence-corrected chi connectivity index (χ3v) is 7.19. The van der Waals surface area contributed by atoms with Gasteiger partial charge in [0.25, 0.3) is 0 Å². The summed E-state index contributed by atoms with van der Waals surface area (Å²) in [6.45, 7) is 3.39. The molecular weight excluding hydrogens is 703 g/mol. The first kappa shape index (κ1) is 22.9. The van der Waals surface area contributed by atoms with E-state index in [0.29, 0.717) is 16.2 Å². The Balaban J connectivity index is 0.000000269. The average Bonchev–Trinajstić information content (AvgIpc) is 3.63. The number of benzene rings is 2. The van der Waals surface area contributed by atoms with Gasteiger partial charge in [-0.1, -0.05) is 45.0 Å². The Bertz CT molecular complexity index is 2080. The molecule has 0 aliphatic carbocycles. The maximum Gasteiger partial charge on any atom is 0.227 e. The fraction of sp³-hybridized carbons (Fsp3) is 0.171. The van der Waals surface area contributed by atoms with E-state index in [1.54, 1.807) is 18.5 Å². The van der Waals surface area contributed by atoms with E-state index in [4.69, 9.17) is 11.3 Å². The van der Waals surface area contributed by atoms with E-state index in [2.05, 4.69) is 21.0 Å². The van der Waals surface area contributed by atoms with Crippen LogP contribution in [0.4, 0.5) is 0 Å². The number of para-hydroxylation sites is 1. The Hall–Kier alpha value is -3.70. The van der Waals surface area contributed by atoms with Gasteiger partial charge in [0.05, 0.1) is 10.4 Å². The number of nitrogens with zero attached hydrogens (tertiary/aromatic N) is 3. The summed E-state index contributed by atoms with van der Waals surface area (Å²) in [6, 6.07) is 29.6. The number of fused-ring (bicyclic) bond motifs is 4. The molecule has 0 unspecified atom stereocenters. The van der Waals surface area contributed by atoms with Gasteiger partial charge in [-0.2, -0.15) is 0 Å². The standard InChI is InChI=1S/C24H22N2OS.C11H8N.Ir/c1-14-8-9-18-17-6-5-7-19(22(17)27-23(18)26-14)20-11-15-10-16(12-24(2,3)4)28-21(15)13-25-20;1-2-6-10(7-3-1)11-8-4-5-9-12-11;/h5-11,13H,12H2,1-4H3;1-6,8-9H;/q;-1;/i1D3,12D2;;. The van der Waals surface area contributed by atoms with Crippen molar-refractivity contribution in [1.82, 2.24) is 15.0 Å². The number of rotatable bonds is 3. The molecule has 0 spiro atoms. The minimum Gasteiger partial charge on any atom is -0.437 e. The number of aryl methyl sites for hydroxylation is 1. The van der Waals surface area contributed by atoms with Crippen LogP contribution >= 0.6 is 11.3 Å².